The molecule has 23 heavy (non-hydrogen) atoms. The number of hydrogen-bond donors (Lipinski definition) is 1. The van der Waals surface area contributed by atoms with Gasteiger partial charge in [-0.2, -0.15) is 0 Å². The highest BCUT2D eigenvalue weighted by Gasteiger charge is 2.12. The second-order valence-electron chi connectivity index (χ2n) is 5.16. The lowest BCUT2D eigenvalue weighted by Crippen LogP contribution is -2.10. The van der Waals surface area contributed by atoms with Crippen molar-refractivity contribution in [3.05, 3.63) is 53.8 Å². The number of thiazole rings is 1. The van der Waals surface area contributed by atoms with E-state index in [1.54, 1.807) is 12.1 Å². The molecule has 0 fully saturated rings. The summed E-state index contributed by atoms with van der Waals surface area (Å²) in [6, 6.07) is 11.0. The minimum absolute atomic E-state index is 0.142. The first kappa shape index (κ1) is 15.3. The van der Waals surface area contributed by atoms with Gasteiger partial charge in [0.15, 0.2) is 10.9 Å². The Labute approximate surface area is 137 Å². The predicted molar refractivity (Wildman–Crippen MR) is 90.0 cm³/mol. The number of carbonyl (C=O) groups is 1. The molecule has 2 aromatic heterocycles. The van der Waals surface area contributed by atoms with Gasteiger partial charge in [-0.1, -0.05) is 0 Å². The summed E-state index contributed by atoms with van der Waals surface area (Å²) in [6.45, 7) is 3.98. The van der Waals surface area contributed by atoms with E-state index >= 15 is 0 Å². The van der Waals surface area contributed by atoms with Crippen molar-refractivity contribution in [3.63, 3.8) is 0 Å². The first-order valence-corrected chi connectivity index (χ1v) is 8.07. The molecule has 0 spiro atoms. The number of nitrogens with zero attached hydrogens (tertiary/aromatic N) is 1. The van der Waals surface area contributed by atoms with Gasteiger partial charge in [-0.3, -0.25) is 10.1 Å². The third-order valence-corrected chi connectivity index (χ3v) is 3.75. The van der Waals surface area contributed by atoms with Crippen molar-refractivity contribution in [1.29, 1.82) is 0 Å². The number of nitrogens with one attached hydrogen (secondary N) is 1. The van der Waals surface area contributed by atoms with Crippen molar-refractivity contribution in [2.24, 2.45) is 0 Å². The molecule has 1 amide bonds. The Hall–Kier alpha value is -2.60. The summed E-state index contributed by atoms with van der Waals surface area (Å²) in [5, 5.41) is 5.15. The lowest BCUT2D eigenvalue weighted by Gasteiger charge is -2.09. The van der Waals surface area contributed by atoms with Crippen LogP contribution >= 0.6 is 11.3 Å². The number of carbonyl (C=O) groups excluding carboxylic acids is 1. The van der Waals surface area contributed by atoms with Crippen LogP contribution in [0.4, 0.5) is 5.13 Å². The van der Waals surface area contributed by atoms with Gasteiger partial charge in [0, 0.05) is 10.9 Å². The molecular formula is C17H16N2O3S. The zero-order valence-corrected chi connectivity index (χ0v) is 13.6. The Morgan fingerprint density at radius 2 is 2.04 bits per heavy atom. The molecule has 0 unspecified atom stereocenters. The minimum atomic E-state index is -0.309. The number of benzene rings is 1. The normalized spacial score (nSPS) is 10.7. The van der Waals surface area contributed by atoms with E-state index in [-0.39, 0.29) is 17.8 Å². The molecule has 118 valence electrons. The Morgan fingerprint density at radius 3 is 2.70 bits per heavy atom. The van der Waals surface area contributed by atoms with Crippen LogP contribution in [0.25, 0.3) is 11.3 Å². The molecule has 6 heteroatoms. The average Bonchev–Trinajstić information content (AvgIpc) is 3.18. The van der Waals surface area contributed by atoms with Crippen molar-refractivity contribution in [3.8, 4) is 17.0 Å². The first-order chi connectivity index (χ1) is 11.1. The Kier molecular flexibility index (Phi) is 4.43. The number of anilines is 1. The molecule has 0 saturated carbocycles. The second-order valence-corrected chi connectivity index (χ2v) is 6.02. The first-order valence-electron chi connectivity index (χ1n) is 7.19. The fourth-order valence-corrected chi connectivity index (χ4v) is 2.72. The van der Waals surface area contributed by atoms with Crippen molar-refractivity contribution in [1.82, 2.24) is 4.98 Å². The predicted octanol–water partition coefficient (Wildman–Crippen LogP) is 4.44. The molecule has 0 saturated heterocycles. The topological polar surface area (TPSA) is 64.4 Å². The molecular weight excluding hydrogens is 312 g/mol. The molecule has 3 aromatic rings. The minimum Gasteiger partial charge on any atom is -0.491 e. The van der Waals surface area contributed by atoms with Gasteiger partial charge in [0.05, 0.1) is 18.1 Å². The monoisotopic (exact) mass is 328 g/mol. The summed E-state index contributed by atoms with van der Waals surface area (Å²) < 4.78 is 10.7. The molecule has 5 nitrogen and oxygen atoms in total. The van der Waals surface area contributed by atoms with E-state index in [4.69, 9.17) is 9.15 Å². The van der Waals surface area contributed by atoms with Crippen molar-refractivity contribution in [2.75, 3.05) is 5.32 Å². The number of aromatic nitrogens is 1. The van der Waals surface area contributed by atoms with E-state index < -0.39 is 0 Å². The number of ether oxygens (including phenoxy) is 1. The van der Waals surface area contributed by atoms with Gasteiger partial charge in [0.1, 0.15) is 5.75 Å². The van der Waals surface area contributed by atoms with Crippen LogP contribution in [-0.4, -0.2) is 17.0 Å². The van der Waals surface area contributed by atoms with E-state index in [9.17, 15) is 4.79 Å². The van der Waals surface area contributed by atoms with Crippen LogP contribution in [0.1, 0.15) is 24.4 Å². The van der Waals surface area contributed by atoms with Gasteiger partial charge >= 0.3 is 0 Å². The fraction of sp³-hybridized carbons (Fsp3) is 0.176. The summed E-state index contributed by atoms with van der Waals surface area (Å²) in [5.74, 6) is 0.777. The SMILES string of the molecule is CC(C)Oc1ccc(-c2csc(NC(=O)c3ccco3)n2)cc1. The summed E-state index contributed by atoms with van der Waals surface area (Å²) in [5.41, 5.74) is 1.77. The molecule has 3 rings (SSSR count). The van der Waals surface area contributed by atoms with Crippen LogP contribution in [0.5, 0.6) is 5.75 Å². The molecule has 1 aromatic carbocycles. The van der Waals surface area contributed by atoms with E-state index in [0.29, 0.717) is 5.13 Å². The van der Waals surface area contributed by atoms with Crippen LogP contribution in [0.3, 0.4) is 0 Å². The number of amides is 1. The Bertz CT molecular complexity index is 777. The van der Waals surface area contributed by atoms with Crippen molar-refractivity contribution >= 4 is 22.4 Å². The van der Waals surface area contributed by atoms with Gasteiger partial charge in [-0.25, -0.2) is 4.98 Å². The van der Waals surface area contributed by atoms with E-state index in [1.807, 2.05) is 43.5 Å². The van der Waals surface area contributed by atoms with E-state index in [0.717, 1.165) is 17.0 Å². The lowest BCUT2D eigenvalue weighted by molar-refractivity contribution is 0.0996. The summed E-state index contributed by atoms with van der Waals surface area (Å²) >= 11 is 1.37. The van der Waals surface area contributed by atoms with Crippen LogP contribution in [0.2, 0.25) is 0 Å². The van der Waals surface area contributed by atoms with Gasteiger partial charge in [-0.15, -0.1) is 11.3 Å². The number of rotatable bonds is 5. The third-order valence-electron chi connectivity index (χ3n) is 2.99. The Morgan fingerprint density at radius 1 is 1.26 bits per heavy atom. The van der Waals surface area contributed by atoms with E-state index in [2.05, 4.69) is 10.3 Å². The van der Waals surface area contributed by atoms with E-state index in [1.165, 1.54) is 17.6 Å². The Balaban J connectivity index is 1.70. The maximum atomic E-state index is 11.9. The highest BCUT2D eigenvalue weighted by molar-refractivity contribution is 7.14. The lowest BCUT2D eigenvalue weighted by atomic mass is 10.2. The molecule has 0 aliphatic rings. The van der Waals surface area contributed by atoms with Gasteiger partial charge in [0.25, 0.3) is 5.91 Å². The highest BCUT2D eigenvalue weighted by Crippen LogP contribution is 2.27. The van der Waals surface area contributed by atoms with Crippen LogP contribution in [-0.2, 0) is 0 Å². The maximum absolute atomic E-state index is 11.9. The fourth-order valence-electron chi connectivity index (χ4n) is 2.01. The highest BCUT2D eigenvalue weighted by atomic mass is 32.1. The van der Waals surface area contributed by atoms with Crippen LogP contribution in [0.15, 0.2) is 52.5 Å². The third kappa shape index (κ3) is 3.78. The molecule has 1 N–H and O–H groups in total. The molecule has 0 radical (unpaired) electrons. The quantitative estimate of drug-likeness (QED) is 0.752. The van der Waals surface area contributed by atoms with Gasteiger partial charge < -0.3 is 9.15 Å². The summed E-state index contributed by atoms with van der Waals surface area (Å²) in [6.07, 6.45) is 1.60. The maximum Gasteiger partial charge on any atom is 0.293 e. The second kappa shape index (κ2) is 6.66. The van der Waals surface area contributed by atoms with Crippen molar-refractivity contribution in [2.45, 2.75) is 20.0 Å². The molecule has 2 heterocycles. The van der Waals surface area contributed by atoms with Gasteiger partial charge in [-0.05, 0) is 50.2 Å². The zero-order chi connectivity index (χ0) is 16.2. The molecule has 0 aliphatic heterocycles. The average molecular weight is 328 g/mol. The molecule has 0 bridgehead atoms. The smallest absolute Gasteiger partial charge is 0.293 e. The van der Waals surface area contributed by atoms with Crippen LogP contribution in [0, 0.1) is 0 Å². The summed E-state index contributed by atoms with van der Waals surface area (Å²) in [4.78, 5) is 16.3. The zero-order valence-electron chi connectivity index (χ0n) is 12.8. The summed E-state index contributed by atoms with van der Waals surface area (Å²) in [7, 11) is 0. The van der Waals surface area contributed by atoms with Crippen molar-refractivity contribution < 1.29 is 13.9 Å². The molecule has 0 atom stereocenters. The van der Waals surface area contributed by atoms with Crippen LogP contribution < -0.4 is 10.1 Å². The number of furan rings is 1. The standard InChI is InChI=1S/C17H16N2O3S/c1-11(2)22-13-7-5-12(6-8-13)14-10-23-17(18-14)19-16(20)15-4-3-9-21-15/h3-11H,1-2H3,(H,18,19,20). The van der Waals surface area contributed by atoms with Gasteiger partial charge in [0.2, 0.25) is 0 Å². The largest absolute Gasteiger partial charge is 0.491 e. The molecule has 0 aliphatic carbocycles. The number of hydrogen-bond acceptors (Lipinski definition) is 5.